The Morgan fingerprint density at radius 1 is 1.12 bits per heavy atom. The van der Waals surface area contributed by atoms with E-state index >= 15 is 0 Å². The number of aromatic nitrogens is 3. The molecule has 0 saturated carbocycles. The lowest BCUT2D eigenvalue weighted by Gasteiger charge is -2.11. The normalized spacial score (nSPS) is 13.8. The van der Waals surface area contributed by atoms with Crippen LogP contribution in [0.5, 0.6) is 0 Å². The number of esters is 1. The molecule has 0 fully saturated rings. The topological polar surface area (TPSA) is 129 Å². The van der Waals surface area contributed by atoms with E-state index in [0.717, 1.165) is 4.90 Å². The first kappa shape index (κ1) is 20.3. The number of ether oxygens (including phenoxy) is 1. The second-order valence-corrected chi connectivity index (χ2v) is 7.28. The number of furan rings is 1. The van der Waals surface area contributed by atoms with Gasteiger partial charge in [0.2, 0.25) is 5.82 Å². The summed E-state index contributed by atoms with van der Waals surface area (Å²) in [5.74, 6) is -0.751. The first-order valence-corrected chi connectivity index (χ1v) is 9.99. The maximum atomic E-state index is 12.8. The Bertz CT molecular complexity index is 1350. The van der Waals surface area contributed by atoms with Crippen LogP contribution in [0.3, 0.4) is 0 Å². The summed E-state index contributed by atoms with van der Waals surface area (Å²) in [6.07, 6.45) is 3.84. The number of hydrogen-bond donors (Lipinski definition) is 0. The van der Waals surface area contributed by atoms with E-state index < -0.39 is 23.9 Å². The molecule has 1 atom stereocenters. The van der Waals surface area contributed by atoms with Crippen LogP contribution in [0.4, 0.5) is 0 Å². The van der Waals surface area contributed by atoms with E-state index in [1.807, 2.05) is 0 Å². The van der Waals surface area contributed by atoms with Crippen LogP contribution < -0.4 is 0 Å². The first-order chi connectivity index (χ1) is 16.0. The zero-order valence-corrected chi connectivity index (χ0v) is 17.3. The van der Waals surface area contributed by atoms with Crippen molar-refractivity contribution in [3.63, 3.8) is 0 Å². The Balaban J connectivity index is 1.31. The molecule has 10 heteroatoms. The fourth-order valence-electron chi connectivity index (χ4n) is 3.41. The molecule has 0 aliphatic carbocycles. The molecular formula is C23H16N4O6. The zero-order chi connectivity index (χ0) is 22.9. The number of hydrogen-bond acceptors (Lipinski definition) is 9. The smallest absolute Gasteiger partial charge is 0.338 e. The summed E-state index contributed by atoms with van der Waals surface area (Å²) < 4.78 is 15.9. The predicted octanol–water partition coefficient (Wildman–Crippen LogP) is 3.44. The second-order valence-electron chi connectivity index (χ2n) is 7.28. The van der Waals surface area contributed by atoms with Crippen molar-refractivity contribution in [2.45, 2.75) is 19.6 Å². The standard InChI is InChI=1S/C23H16N4O6/c1-13(20-25-19(26-33-20)15-4-2-8-24-11-15)32-23(30)14-6-7-17-18(10-14)22(29)27(21(17)28)12-16-5-3-9-31-16/h2-11,13H,12H2,1H3/t13-/m1/s1. The molecule has 4 aromatic rings. The molecular weight excluding hydrogens is 428 g/mol. The van der Waals surface area contributed by atoms with E-state index in [1.165, 1.54) is 24.5 Å². The molecule has 3 aromatic heterocycles. The fraction of sp³-hybridized carbons (Fsp3) is 0.130. The van der Waals surface area contributed by atoms with E-state index in [0.29, 0.717) is 17.1 Å². The average molecular weight is 444 g/mol. The van der Waals surface area contributed by atoms with Crippen LogP contribution in [0.15, 0.2) is 70.1 Å². The van der Waals surface area contributed by atoms with Gasteiger partial charge < -0.3 is 13.7 Å². The molecule has 10 nitrogen and oxygen atoms in total. The largest absolute Gasteiger partial charge is 0.467 e. The van der Waals surface area contributed by atoms with E-state index in [2.05, 4.69) is 15.1 Å². The zero-order valence-electron chi connectivity index (χ0n) is 17.3. The quantitative estimate of drug-likeness (QED) is 0.324. The Kier molecular flexibility index (Phi) is 5.02. The van der Waals surface area contributed by atoms with Gasteiger partial charge in [-0.2, -0.15) is 4.98 Å². The summed E-state index contributed by atoms with van der Waals surface area (Å²) in [5.41, 5.74) is 1.13. The highest BCUT2D eigenvalue weighted by atomic mass is 16.6. The lowest BCUT2D eigenvalue weighted by molar-refractivity contribution is 0.0265. The van der Waals surface area contributed by atoms with E-state index in [9.17, 15) is 14.4 Å². The average Bonchev–Trinajstić information content (AvgIpc) is 3.58. The number of fused-ring (bicyclic) bond motifs is 1. The third kappa shape index (κ3) is 3.78. The van der Waals surface area contributed by atoms with Crippen LogP contribution in [0.25, 0.3) is 11.4 Å². The van der Waals surface area contributed by atoms with Gasteiger partial charge in [0, 0.05) is 18.0 Å². The van der Waals surface area contributed by atoms with Crippen molar-refractivity contribution in [2.24, 2.45) is 0 Å². The van der Waals surface area contributed by atoms with Gasteiger partial charge in [0.15, 0.2) is 6.10 Å². The number of carbonyl (C=O) groups is 3. The van der Waals surface area contributed by atoms with Gasteiger partial charge in [0.25, 0.3) is 17.7 Å². The number of nitrogens with zero attached hydrogens (tertiary/aromatic N) is 4. The molecule has 5 rings (SSSR count). The number of imide groups is 1. The third-order valence-electron chi connectivity index (χ3n) is 5.09. The summed E-state index contributed by atoms with van der Waals surface area (Å²) in [5, 5.41) is 3.88. The van der Waals surface area contributed by atoms with Crippen LogP contribution in [0.1, 0.15) is 55.8 Å². The van der Waals surface area contributed by atoms with Crippen LogP contribution in [0.2, 0.25) is 0 Å². The maximum Gasteiger partial charge on any atom is 0.338 e. The Morgan fingerprint density at radius 2 is 1.97 bits per heavy atom. The molecule has 1 aromatic carbocycles. The highest BCUT2D eigenvalue weighted by Gasteiger charge is 2.36. The van der Waals surface area contributed by atoms with Crippen molar-refractivity contribution in [1.29, 1.82) is 0 Å². The van der Waals surface area contributed by atoms with E-state index in [1.54, 1.807) is 43.6 Å². The number of benzene rings is 1. The number of amides is 2. The van der Waals surface area contributed by atoms with Crippen LogP contribution >= 0.6 is 0 Å². The molecule has 4 heterocycles. The highest BCUT2D eigenvalue weighted by molar-refractivity contribution is 6.21. The van der Waals surface area contributed by atoms with E-state index in [4.69, 9.17) is 13.7 Å². The van der Waals surface area contributed by atoms with Crippen molar-refractivity contribution in [2.75, 3.05) is 0 Å². The molecule has 1 aliphatic heterocycles. The second kappa shape index (κ2) is 8.15. The van der Waals surface area contributed by atoms with Crippen molar-refractivity contribution >= 4 is 17.8 Å². The summed E-state index contributed by atoms with van der Waals surface area (Å²) in [4.78, 5) is 47.4. The molecule has 0 saturated heterocycles. The van der Waals surface area contributed by atoms with Gasteiger partial charge in [0.05, 0.1) is 29.5 Å². The summed E-state index contributed by atoms with van der Waals surface area (Å²) in [6.45, 7) is 1.60. The lowest BCUT2D eigenvalue weighted by Crippen LogP contribution is -2.28. The van der Waals surface area contributed by atoms with Gasteiger partial charge in [-0.3, -0.25) is 19.5 Å². The Labute approximate surface area is 186 Å². The van der Waals surface area contributed by atoms with Crippen LogP contribution in [-0.4, -0.2) is 37.8 Å². The van der Waals surface area contributed by atoms with Crippen LogP contribution in [-0.2, 0) is 11.3 Å². The van der Waals surface area contributed by atoms with Gasteiger partial charge in [-0.05, 0) is 49.4 Å². The highest BCUT2D eigenvalue weighted by Crippen LogP contribution is 2.27. The Hall–Kier alpha value is -4.60. The Morgan fingerprint density at radius 3 is 2.73 bits per heavy atom. The minimum absolute atomic E-state index is 0.00654. The lowest BCUT2D eigenvalue weighted by atomic mass is 10.1. The van der Waals surface area contributed by atoms with Gasteiger partial charge in [-0.25, -0.2) is 4.79 Å². The minimum Gasteiger partial charge on any atom is -0.467 e. The number of rotatable bonds is 6. The van der Waals surface area contributed by atoms with Crippen molar-refractivity contribution in [3.8, 4) is 11.4 Å². The number of carbonyl (C=O) groups excluding carboxylic acids is 3. The van der Waals surface area contributed by atoms with Crippen molar-refractivity contribution < 1.29 is 28.1 Å². The number of pyridine rings is 1. The molecule has 0 unspecified atom stereocenters. The maximum absolute atomic E-state index is 12.8. The van der Waals surface area contributed by atoms with E-state index in [-0.39, 0.29) is 29.1 Å². The third-order valence-corrected chi connectivity index (χ3v) is 5.09. The first-order valence-electron chi connectivity index (χ1n) is 9.99. The van der Waals surface area contributed by atoms with Gasteiger partial charge in [-0.15, -0.1) is 0 Å². The molecule has 1 aliphatic rings. The molecule has 2 amide bonds. The minimum atomic E-state index is -0.837. The van der Waals surface area contributed by atoms with Gasteiger partial charge in [0.1, 0.15) is 5.76 Å². The molecule has 0 spiro atoms. The summed E-state index contributed by atoms with van der Waals surface area (Å²) >= 11 is 0. The van der Waals surface area contributed by atoms with Crippen molar-refractivity contribution in [1.82, 2.24) is 20.0 Å². The van der Waals surface area contributed by atoms with Crippen LogP contribution in [0, 0.1) is 0 Å². The monoisotopic (exact) mass is 444 g/mol. The van der Waals surface area contributed by atoms with Crippen molar-refractivity contribution in [3.05, 3.63) is 89.5 Å². The molecule has 0 bridgehead atoms. The fourth-order valence-corrected chi connectivity index (χ4v) is 3.41. The molecule has 0 radical (unpaired) electrons. The SMILES string of the molecule is C[C@@H](OC(=O)c1ccc2c(c1)C(=O)N(Cc1ccco1)C2=O)c1nc(-c2cccnc2)no1. The summed E-state index contributed by atoms with van der Waals surface area (Å²) in [7, 11) is 0. The predicted molar refractivity (Wildman–Crippen MR) is 111 cm³/mol. The van der Waals surface area contributed by atoms with Gasteiger partial charge >= 0.3 is 5.97 Å². The summed E-state index contributed by atoms with van der Waals surface area (Å²) in [6, 6.07) is 11.1. The van der Waals surface area contributed by atoms with Gasteiger partial charge in [-0.1, -0.05) is 5.16 Å². The molecule has 164 valence electrons. The molecule has 33 heavy (non-hydrogen) atoms. The molecule has 0 N–H and O–H groups in total.